The summed E-state index contributed by atoms with van der Waals surface area (Å²) in [6.07, 6.45) is 3.22. The summed E-state index contributed by atoms with van der Waals surface area (Å²) in [6, 6.07) is 0.510. The molecule has 116 valence electrons. The molecule has 21 heavy (non-hydrogen) atoms. The number of nitrogen functional groups attached to an aromatic ring is 2. The Labute approximate surface area is 127 Å². The second kappa shape index (κ2) is 6.38. The number of nitrogens with two attached hydrogens (primary N) is 2. The highest BCUT2D eigenvalue weighted by atomic mass is 32.2. The molecule has 0 aromatic carbocycles. The van der Waals surface area contributed by atoms with Gasteiger partial charge >= 0.3 is 0 Å². The SMILES string of the molecule is CC1CCCC(C)N1C(=O)CSc1nc(N)c(N)c(=O)[nH]1. The number of likely N-dealkylation sites (tertiary alicyclic amines) is 1. The Morgan fingerprint density at radius 3 is 2.57 bits per heavy atom. The van der Waals surface area contributed by atoms with E-state index >= 15 is 0 Å². The molecule has 2 unspecified atom stereocenters. The fourth-order valence-corrected chi connectivity index (χ4v) is 3.40. The summed E-state index contributed by atoms with van der Waals surface area (Å²) in [7, 11) is 0. The Hall–Kier alpha value is -1.70. The van der Waals surface area contributed by atoms with Crippen LogP contribution in [0.25, 0.3) is 0 Å². The topological polar surface area (TPSA) is 118 Å². The number of rotatable bonds is 3. The number of amides is 1. The molecule has 1 aliphatic heterocycles. The highest BCUT2D eigenvalue weighted by Crippen LogP contribution is 2.24. The Morgan fingerprint density at radius 1 is 1.38 bits per heavy atom. The van der Waals surface area contributed by atoms with Crippen molar-refractivity contribution in [2.75, 3.05) is 17.2 Å². The van der Waals surface area contributed by atoms with E-state index in [0.717, 1.165) is 19.3 Å². The number of nitrogens with one attached hydrogen (secondary N) is 1. The van der Waals surface area contributed by atoms with Crippen molar-refractivity contribution in [3.8, 4) is 0 Å². The Balaban J connectivity index is 2.02. The van der Waals surface area contributed by atoms with E-state index in [2.05, 4.69) is 23.8 Å². The Kier molecular flexibility index (Phi) is 4.76. The van der Waals surface area contributed by atoms with Crippen LogP contribution in [-0.2, 0) is 4.79 Å². The molecule has 1 fully saturated rings. The third kappa shape index (κ3) is 3.49. The average Bonchev–Trinajstić information content (AvgIpc) is 2.42. The van der Waals surface area contributed by atoms with Crippen molar-refractivity contribution in [1.29, 1.82) is 0 Å². The molecule has 2 rings (SSSR count). The zero-order chi connectivity index (χ0) is 15.6. The van der Waals surface area contributed by atoms with Gasteiger partial charge in [0.1, 0.15) is 5.69 Å². The van der Waals surface area contributed by atoms with Crippen molar-refractivity contribution in [1.82, 2.24) is 14.9 Å². The Morgan fingerprint density at radius 2 is 2.00 bits per heavy atom. The summed E-state index contributed by atoms with van der Waals surface area (Å²) in [5, 5.41) is 0.317. The Bertz CT molecular complexity index is 578. The molecule has 1 aliphatic rings. The molecule has 0 radical (unpaired) electrons. The monoisotopic (exact) mass is 311 g/mol. The summed E-state index contributed by atoms with van der Waals surface area (Å²) >= 11 is 1.17. The molecule has 8 heteroatoms. The van der Waals surface area contributed by atoms with Gasteiger partial charge in [-0.2, -0.15) is 0 Å². The first-order valence-electron chi connectivity index (χ1n) is 6.99. The lowest BCUT2D eigenvalue weighted by molar-refractivity contribution is -0.134. The lowest BCUT2D eigenvalue weighted by atomic mass is 9.98. The second-order valence-electron chi connectivity index (χ2n) is 5.39. The number of aromatic nitrogens is 2. The molecule has 0 bridgehead atoms. The third-order valence-corrected chi connectivity index (χ3v) is 4.63. The van der Waals surface area contributed by atoms with Gasteiger partial charge in [-0.3, -0.25) is 14.6 Å². The number of hydrogen-bond acceptors (Lipinski definition) is 6. The molecule has 1 aromatic rings. The van der Waals surface area contributed by atoms with Gasteiger partial charge in [-0.1, -0.05) is 11.8 Å². The molecule has 0 saturated carbocycles. The fraction of sp³-hybridized carbons (Fsp3) is 0.615. The average molecular weight is 311 g/mol. The number of H-pyrrole nitrogens is 1. The van der Waals surface area contributed by atoms with Gasteiger partial charge in [0.05, 0.1) is 5.75 Å². The summed E-state index contributed by atoms with van der Waals surface area (Å²) in [4.78, 5) is 32.3. The van der Waals surface area contributed by atoms with Crippen LogP contribution in [0.2, 0.25) is 0 Å². The van der Waals surface area contributed by atoms with Gasteiger partial charge in [-0.05, 0) is 33.1 Å². The van der Waals surface area contributed by atoms with E-state index in [0.29, 0.717) is 5.16 Å². The highest BCUT2D eigenvalue weighted by Gasteiger charge is 2.28. The number of piperidine rings is 1. The number of thioether (sulfide) groups is 1. The van der Waals surface area contributed by atoms with E-state index in [9.17, 15) is 9.59 Å². The minimum atomic E-state index is -0.475. The second-order valence-corrected chi connectivity index (χ2v) is 6.35. The maximum atomic E-state index is 12.4. The van der Waals surface area contributed by atoms with E-state index in [-0.39, 0.29) is 35.2 Å². The van der Waals surface area contributed by atoms with E-state index < -0.39 is 5.56 Å². The fourth-order valence-electron chi connectivity index (χ4n) is 2.66. The first-order chi connectivity index (χ1) is 9.90. The molecule has 1 aromatic heterocycles. The number of nitrogens with zero attached hydrogens (tertiary/aromatic N) is 2. The molecular formula is C13H21N5O2S. The van der Waals surface area contributed by atoms with Crippen LogP contribution in [0.5, 0.6) is 0 Å². The van der Waals surface area contributed by atoms with Crippen molar-refractivity contribution in [2.24, 2.45) is 0 Å². The summed E-state index contributed by atoms with van der Waals surface area (Å²) in [5.41, 5.74) is 10.4. The molecule has 1 saturated heterocycles. The zero-order valence-electron chi connectivity index (χ0n) is 12.3. The summed E-state index contributed by atoms with van der Waals surface area (Å²) in [5.74, 6) is 0.271. The van der Waals surface area contributed by atoms with Gasteiger partial charge in [0.25, 0.3) is 5.56 Å². The third-order valence-electron chi connectivity index (χ3n) is 3.78. The van der Waals surface area contributed by atoms with Gasteiger partial charge in [-0.25, -0.2) is 4.98 Å². The largest absolute Gasteiger partial charge is 0.391 e. The quantitative estimate of drug-likeness (QED) is 0.561. The standard InChI is InChI=1S/C13H21N5O2S/c1-7-4-3-5-8(2)18(7)9(19)6-21-13-16-11(15)10(14)12(20)17-13/h7-8H,3-6,14H2,1-2H3,(H3,15,16,17,20). The van der Waals surface area contributed by atoms with E-state index in [1.54, 1.807) is 0 Å². The minimum Gasteiger partial charge on any atom is -0.391 e. The van der Waals surface area contributed by atoms with Crippen LogP contribution >= 0.6 is 11.8 Å². The zero-order valence-corrected chi connectivity index (χ0v) is 13.1. The van der Waals surface area contributed by atoms with Crippen LogP contribution in [0.1, 0.15) is 33.1 Å². The number of anilines is 2. The van der Waals surface area contributed by atoms with E-state index in [4.69, 9.17) is 11.5 Å². The maximum absolute atomic E-state index is 12.4. The van der Waals surface area contributed by atoms with E-state index in [1.807, 2.05) is 4.90 Å². The number of carbonyl (C=O) groups is 1. The van der Waals surface area contributed by atoms with Crippen LogP contribution in [0.4, 0.5) is 11.5 Å². The smallest absolute Gasteiger partial charge is 0.276 e. The van der Waals surface area contributed by atoms with Gasteiger partial charge in [0, 0.05) is 12.1 Å². The maximum Gasteiger partial charge on any atom is 0.276 e. The van der Waals surface area contributed by atoms with Crippen molar-refractivity contribution in [3.05, 3.63) is 10.4 Å². The van der Waals surface area contributed by atoms with Gasteiger partial charge in [-0.15, -0.1) is 0 Å². The molecule has 7 nitrogen and oxygen atoms in total. The predicted octanol–water partition coefficient (Wildman–Crippen LogP) is 0.816. The van der Waals surface area contributed by atoms with Crippen LogP contribution in [0.3, 0.4) is 0 Å². The lowest BCUT2D eigenvalue weighted by Gasteiger charge is -2.39. The van der Waals surface area contributed by atoms with Gasteiger partial charge in [0.2, 0.25) is 5.91 Å². The highest BCUT2D eigenvalue weighted by molar-refractivity contribution is 7.99. The van der Waals surface area contributed by atoms with Crippen LogP contribution in [0, 0.1) is 0 Å². The molecule has 2 heterocycles. The van der Waals surface area contributed by atoms with Crippen LogP contribution in [0.15, 0.2) is 9.95 Å². The van der Waals surface area contributed by atoms with Gasteiger partial charge < -0.3 is 16.4 Å². The van der Waals surface area contributed by atoms with Crippen LogP contribution < -0.4 is 17.0 Å². The predicted molar refractivity (Wildman–Crippen MR) is 84.0 cm³/mol. The normalized spacial score (nSPS) is 22.3. The molecule has 0 spiro atoms. The van der Waals surface area contributed by atoms with Crippen molar-refractivity contribution >= 4 is 29.2 Å². The molecular weight excluding hydrogens is 290 g/mol. The lowest BCUT2D eigenvalue weighted by Crippen LogP contribution is -2.48. The molecule has 2 atom stereocenters. The minimum absolute atomic E-state index is 0.00610. The van der Waals surface area contributed by atoms with Crippen molar-refractivity contribution in [3.63, 3.8) is 0 Å². The molecule has 1 amide bonds. The number of aromatic amines is 1. The van der Waals surface area contributed by atoms with Crippen LogP contribution in [-0.4, -0.2) is 38.6 Å². The first-order valence-corrected chi connectivity index (χ1v) is 7.98. The number of hydrogen-bond donors (Lipinski definition) is 3. The number of carbonyl (C=O) groups excluding carboxylic acids is 1. The van der Waals surface area contributed by atoms with Crippen molar-refractivity contribution in [2.45, 2.75) is 50.4 Å². The molecule has 5 N–H and O–H groups in total. The summed E-state index contributed by atoms with van der Waals surface area (Å²) < 4.78 is 0. The first kappa shape index (κ1) is 15.7. The summed E-state index contributed by atoms with van der Waals surface area (Å²) in [6.45, 7) is 4.14. The van der Waals surface area contributed by atoms with E-state index in [1.165, 1.54) is 11.8 Å². The van der Waals surface area contributed by atoms with Crippen molar-refractivity contribution < 1.29 is 4.79 Å². The van der Waals surface area contributed by atoms with Gasteiger partial charge in [0.15, 0.2) is 11.0 Å². The molecule has 0 aliphatic carbocycles.